The van der Waals surface area contributed by atoms with Gasteiger partial charge in [0.15, 0.2) is 0 Å². The minimum atomic E-state index is -0.303. The Labute approximate surface area is 252 Å². The monoisotopic (exact) mass is 576 g/mol. The van der Waals surface area contributed by atoms with Crippen molar-refractivity contribution in [1.29, 1.82) is 0 Å². The van der Waals surface area contributed by atoms with Crippen LogP contribution in [0.1, 0.15) is 130 Å². The lowest BCUT2D eigenvalue weighted by Crippen LogP contribution is -2.40. The molecule has 2 N–H and O–H groups in total. The van der Waals surface area contributed by atoms with E-state index in [-0.39, 0.29) is 31.2 Å². The zero-order valence-electron chi connectivity index (χ0n) is 26.9. The number of carbonyl (C=O) groups excluding carboxylic acids is 1. The highest BCUT2D eigenvalue weighted by Gasteiger charge is 2.41. The van der Waals surface area contributed by atoms with E-state index in [9.17, 15) is 15.0 Å². The van der Waals surface area contributed by atoms with E-state index in [0.717, 1.165) is 54.8 Å². The van der Waals surface area contributed by atoms with Gasteiger partial charge in [-0.2, -0.15) is 0 Å². The van der Waals surface area contributed by atoms with E-state index in [1.807, 2.05) is 0 Å². The third-order valence-electron chi connectivity index (χ3n) is 11.4. The number of esters is 1. The van der Waals surface area contributed by atoms with E-state index >= 15 is 0 Å². The molecule has 3 saturated carbocycles. The highest BCUT2D eigenvalue weighted by molar-refractivity contribution is 5.86. The Morgan fingerprint density at radius 3 is 2.17 bits per heavy atom. The van der Waals surface area contributed by atoms with Crippen LogP contribution in [0.3, 0.4) is 0 Å². The van der Waals surface area contributed by atoms with Crippen LogP contribution in [0.2, 0.25) is 0 Å². The number of ether oxygens (including phenoxy) is 2. The molecular weight excluding hydrogens is 512 g/mol. The molecule has 5 nitrogen and oxygen atoms in total. The molecule has 3 aliphatic rings. The van der Waals surface area contributed by atoms with Crippen molar-refractivity contribution in [2.24, 2.45) is 47.3 Å². The van der Waals surface area contributed by atoms with Gasteiger partial charge in [-0.15, -0.1) is 0 Å². The Morgan fingerprint density at radius 1 is 0.829 bits per heavy atom. The Bertz CT molecular complexity index is 740. The van der Waals surface area contributed by atoms with Crippen LogP contribution >= 0.6 is 0 Å². The van der Waals surface area contributed by atoms with E-state index in [4.69, 9.17) is 9.47 Å². The van der Waals surface area contributed by atoms with Crippen LogP contribution in [0.15, 0.2) is 12.2 Å². The number of rotatable bonds is 17. The molecule has 6 unspecified atom stereocenters. The molecule has 0 aromatic carbocycles. The van der Waals surface area contributed by atoms with Crippen LogP contribution in [0.5, 0.6) is 0 Å². The van der Waals surface area contributed by atoms with Gasteiger partial charge >= 0.3 is 5.97 Å². The van der Waals surface area contributed by atoms with Gasteiger partial charge in [0.25, 0.3) is 0 Å². The zero-order valence-corrected chi connectivity index (χ0v) is 26.9. The third kappa shape index (κ3) is 10.9. The lowest BCUT2D eigenvalue weighted by atomic mass is 9.60. The minimum Gasteiger partial charge on any atom is -0.462 e. The summed E-state index contributed by atoms with van der Waals surface area (Å²) in [6.07, 6.45) is 22.2. The van der Waals surface area contributed by atoms with Crippen LogP contribution in [-0.2, 0) is 14.3 Å². The van der Waals surface area contributed by atoms with Crippen molar-refractivity contribution in [1.82, 2.24) is 0 Å². The summed E-state index contributed by atoms with van der Waals surface area (Å²) in [6, 6.07) is 0. The maximum atomic E-state index is 12.0. The average Bonchev–Trinajstić information content (AvgIpc) is 3.00. The Balaban J connectivity index is 1.53. The fraction of sp³-hybridized carbons (Fsp3) is 0.917. The van der Waals surface area contributed by atoms with Crippen molar-refractivity contribution in [3.8, 4) is 0 Å². The number of aliphatic hydroxyl groups is 2. The summed E-state index contributed by atoms with van der Waals surface area (Å²) in [5.41, 5.74) is 0.450. The van der Waals surface area contributed by atoms with Crippen molar-refractivity contribution in [3.63, 3.8) is 0 Å². The molecule has 0 radical (unpaired) electrons. The molecule has 0 aliphatic heterocycles. The number of unbranched alkanes of at least 4 members (excludes halogenated alkanes) is 2. The maximum Gasteiger partial charge on any atom is 0.333 e. The molecule has 5 heteroatoms. The molecule has 0 bridgehead atoms. The number of carbonyl (C=O) groups is 1. The van der Waals surface area contributed by atoms with Crippen LogP contribution in [0, 0.1) is 47.3 Å². The molecule has 41 heavy (non-hydrogen) atoms. The molecule has 3 rings (SSSR count). The topological polar surface area (TPSA) is 76.0 Å². The normalized spacial score (nSPS) is 32.6. The summed E-state index contributed by atoms with van der Waals surface area (Å²) in [6.45, 7) is 11.1. The predicted octanol–water partition coefficient (Wildman–Crippen LogP) is 8.12. The highest BCUT2D eigenvalue weighted by atomic mass is 16.5. The van der Waals surface area contributed by atoms with E-state index in [1.54, 1.807) is 6.92 Å². The van der Waals surface area contributed by atoms with Gasteiger partial charge in [-0.25, -0.2) is 4.79 Å². The van der Waals surface area contributed by atoms with Crippen molar-refractivity contribution in [2.75, 3.05) is 26.4 Å². The first-order valence-electron chi connectivity index (χ1n) is 17.6. The number of hydrogen-bond donors (Lipinski definition) is 2. The van der Waals surface area contributed by atoms with Gasteiger partial charge in [-0.3, -0.25) is 0 Å². The smallest absolute Gasteiger partial charge is 0.333 e. The third-order valence-corrected chi connectivity index (χ3v) is 11.4. The van der Waals surface area contributed by atoms with Crippen LogP contribution < -0.4 is 0 Å². The van der Waals surface area contributed by atoms with Gasteiger partial charge in [0.1, 0.15) is 0 Å². The lowest BCUT2D eigenvalue weighted by molar-refractivity contribution is -0.140. The second-order valence-corrected chi connectivity index (χ2v) is 14.1. The van der Waals surface area contributed by atoms with Gasteiger partial charge in [0.2, 0.25) is 0 Å². The van der Waals surface area contributed by atoms with Crippen LogP contribution in [-0.4, -0.2) is 48.7 Å². The summed E-state index contributed by atoms with van der Waals surface area (Å²) in [5, 5.41) is 18.9. The van der Waals surface area contributed by atoms with Gasteiger partial charge in [0.05, 0.1) is 12.7 Å². The number of hydrogen-bond acceptors (Lipinski definition) is 5. The number of aliphatic hydroxyl groups excluding tert-OH is 2. The molecular formula is C36H64O5. The van der Waals surface area contributed by atoms with Gasteiger partial charge in [0, 0.05) is 31.3 Å². The second-order valence-electron chi connectivity index (χ2n) is 14.1. The van der Waals surface area contributed by atoms with Crippen molar-refractivity contribution >= 4 is 5.97 Å². The quantitative estimate of drug-likeness (QED) is 0.104. The summed E-state index contributed by atoms with van der Waals surface area (Å²) >= 11 is 0. The lowest BCUT2D eigenvalue weighted by Gasteiger charge is -2.47. The van der Waals surface area contributed by atoms with E-state index in [1.165, 1.54) is 83.5 Å². The standard InChI is InChI=1S/C36H64O5/c1-5-7-8-9-27-10-12-30(13-11-27)31-14-16-34(29(6-2)22-31)32-15-17-35(40-20-18-28(24-37)25-38)33(23-32)19-21-41-36(39)26(3)4/h27-35,37-38H,3,5-25H2,1-2,4H3. The van der Waals surface area contributed by atoms with Crippen molar-refractivity contribution in [3.05, 3.63) is 12.2 Å². The SMILES string of the molecule is C=C(C)C(=O)OCCC1CC(C2CCC(C3CCC(CCCCC)CC3)CC2CC)CCC1OCCC(CO)CO. The molecule has 0 saturated heterocycles. The molecule has 3 fully saturated rings. The molecule has 238 valence electrons. The van der Waals surface area contributed by atoms with Crippen molar-refractivity contribution in [2.45, 2.75) is 136 Å². The Morgan fingerprint density at radius 2 is 1.51 bits per heavy atom. The molecule has 6 atom stereocenters. The fourth-order valence-electron chi connectivity index (χ4n) is 8.71. The van der Waals surface area contributed by atoms with Crippen LogP contribution in [0.4, 0.5) is 0 Å². The average molecular weight is 577 g/mol. The summed E-state index contributed by atoms with van der Waals surface area (Å²) in [5.74, 6) is 5.27. The first-order chi connectivity index (χ1) is 19.9. The molecule has 0 aromatic rings. The minimum absolute atomic E-state index is 0.00559. The largest absolute Gasteiger partial charge is 0.462 e. The molecule has 3 aliphatic carbocycles. The molecule has 0 aromatic heterocycles. The first kappa shape index (κ1) is 34.6. The molecule has 0 heterocycles. The highest BCUT2D eigenvalue weighted by Crippen LogP contribution is 2.50. The van der Waals surface area contributed by atoms with Gasteiger partial charge < -0.3 is 19.7 Å². The molecule has 0 amide bonds. The second kappa shape index (κ2) is 18.7. The predicted molar refractivity (Wildman–Crippen MR) is 167 cm³/mol. The maximum absolute atomic E-state index is 12.0. The zero-order chi connectivity index (χ0) is 29.6. The van der Waals surface area contributed by atoms with E-state index in [0.29, 0.717) is 31.1 Å². The Hall–Kier alpha value is -0.910. The van der Waals surface area contributed by atoms with Gasteiger partial charge in [-0.1, -0.05) is 65.4 Å². The summed E-state index contributed by atoms with van der Waals surface area (Å²) < 4.78 is 11.9. The summed E-state index contributed by atoms with van der Waals surface area (Å²) in [4.78, 5) is 12.0. The molecule has 0 spiro atoms. The first-order valence-corrected chi connectivity index (χ1v) is 17.6. The summed E-state index contributed by atoms with van der Waals surface area (Å²) in [7, 11) is 0. The van der Waals surface area contributed by atoms with E-state index < -0.39 is 0 Å². The van der Waals surface area contributed by atoms with Crippen LogP contribution in [0.25, 0.3) is 0 Å². The van der Waals surface area contributed by atoms with Gasteiger partial charge in [-0.05, 0) is 113 Å². The fourth-order valence-corrected chi connectivity index (χ4v) is 8.71. The van der Waals surface area contributed by atoms with Crippen molar-refractivity contribution < 1.29 is 24.5 Å². The van der Waals surface area contributed by atoms with E-state index in [2.05, 4.69) is 20.4 Å². The Kier molecular flexibility index (Phi) is 15.8.